The van der Waals surface area contributed by atoms with Crippen LogP contribution in [0.4, 0.5) is 0 Å². The largest absolute Gasteiger partial charge is 0.411 e. The first kappa shape index (κ1) is 11.1. The average Bonchev–Trinajstić information content (AvgIpc) is 2.97. The average molecular weight is 247 g/mol. The summed E-state index contributed by atoms with van der Waals surface area (Å²) in [4.78, 5) is 0. The summed E-state index contributed by atoms with van der Waals surface area (Å²) in [6, 6.07) is 10.5. The van der Waals surface area contributed by atoms with Crippen LogP contribution in [0, 0.1) is 11.8 Å². The van der Waals surface area contributed by atoms with Gasteiger partial charge in [-0.05, 0) is 30.7 Å². The number of nitrogens with zero attached hydrogens (tertiary/aromatic N) is 1. The van der Waals surface area contributed by atoms with Gasteiger partial charge >= 0.3 is 0 Å². The third-order valence-electron chi connectivity index (χ3n) is 4.00. The minimum absolute atomic E-state index is 0.457. The summed E-state index contributed by atoms with van der Waals surface area (Å²) < 4.78 is 0. The molecule has 2 bridgehead atoms. The molecule has 2 fully saturated rings. The molecule has 0 aliphatic heterocycles. The van der Waals surface area contributed by atoms with Gasteiger partial charge in [-0.1, -0.05) is 35.5 Å². The Morgan fingerprint density at radius 1 is 1.24 bits per heavy atom. The van der Waals surface area contributed by atoms with Crippen molar-refractivity contribution in [1.29, 1.82) is 0 Å². The van der Waals surface area contributed by atoms with Crippen molar-refractivity contribution < 1.29 is 5.21 Å². The van der Waals surface area contributed by atoms with Gasteiger partial charge in [-0.15, -0.1) is 11.8 Å². The van der Waals surface area contributed by atoms with E-state index in [2.05, 4.69) is 29.4 Å². The summed E-state index contributed by atoms with van der Waals surface area (Å²) in [7, 11) is 0. The van der Waals surface area contributed by atoms with E-state index < -0.39 is 0 Å². The predicted molar refractivity (Wildman–Crippen MR) is 71.6 cm³/mol. The molecule has 2 saturated carbocycles. The van der Waals surface area contributed by atoms with E-state index in [0.29, 0.717) is 11.2 Å². The standard InChI is InChI=1S/C14H17NOS/c16-15-13-11-6-7-12(8-11)14(13)17-9-10-4-2-1-3-5-10/h1-5,11-12,14,16H,6-9H2/b15-13+/t11-,12+,14+/m0/s1. The summed E-state index contributed by atoms with van der Waals surface area (Å²) in [6.07, 6.45) is 3.79. The van der Waals surface area contributed by atoms with E-state index in [0.717, 1.165) is 17.4 Å². The first-order valence-corrected chi connectivity index (χ1v) is 7.30. The van der Waals surface area contributed by atoms with E-state index in [1.54, 1.807) is 0 Å². The molecule has 17 heavy (non-hydrogen) atoms. The molecule has 1 aromatic carbocycles. The topological polar surface area (TPSA) is 32.6 Å². The van der Waals surface area contributed by atoms with Gasteiger partial charge in [0.1, 0.15) is 0 Å². The van der Waals surface area contributed by atoms with Crippen LogP contribution >= 0.6 is 11.8 Å². The van der Waals surface area contributed by atoms with Crippen LogP contribution in [0.2, 0.25) is 0 Å². The molecule has 0 unspecified atom stereocenters. The highest BCUT2D eigenvalue weighted by Gasteiger charge is 2.45. The fraction of sp³-hybridized carbons (Fsp3) is 0.500. The molecule has 0 radical (unpaired) electrons. The van der Waals surface area contributed by atoms with Gasteiger partial charge in [0.25, 0.3) is 0 Å². The lowest BCUT2D eigenvalue weighted by molar-refractivity contribution is 0.314. The Balaban J connectivity index is 1.66. The van der Waals surface area contributed by atoms with Crippen molar-refractivity contribution in [3.05, 3.63) is 35.9 Å². The van der Waals surface area contributed by atoms with Gasteiger partial charge in [-0.25, -0.2) is 0 Å². The Hall–Kier alpha value is -0.960. The molecule has 3 rings (SSSR count). The molecule has 90 valence electrons. The number of fused-ring (bicyclic) bond motifs is 2. The first-order valence-electron chi connectivity index (χ1n) is 6.26. The zero-order valence-corrected chi connectivity index (χ0v) is 10.6. The van der Waals surface area contributed by atoms with E-state index in [1.165, 1.54) is 24.8 Å². The van der Waals surface area contributed by atoms with Crippen LogP contribution in [0.3, 0.4) is 0 Å². The molecule has 0 amide bonds. The summed E-state index contributed by atoms with van der Waals surface area (Å²) in [6.45, 7) is 0. The van der Waals surface area contributed by atoms with Crippen molar-refractivity contribution in [2.45, 2.75) is 30.3 Å². The molecule has 0 aromatic heterocycles. The van der Waals surface area contributed by atoms with E-state index in [4.69, 9.17) is 5.21 Å². The SMILES string of the molecule is O/N=C1\[C@H]2CC[C@H](C2)[C@H]1SCc1ccccc1. The summed E-state index contributed by atoms with van der Waals surface area (Å²) in [5.41, 5.74) is 2.42. The van der Waals surface area contributed by atoms with Crippen molar-refractivity contribution in [2.24, 2.45) is 17.0 Å². The molecule has 1 N–H and O–H groups in total. The Bertz CT molecular complexity index is 417. The van der Waals surface area contributed by atoms with Gasteiger partial charge in [0.2, 0.25) is 0 Å². The number of hydrogen-bond acceptors (Lipinski definition) is 3. The molecule has 3 atom stereocenters. The van der Waals surface area contributed by atoms with Gasteiger partial charge in [-0.2, -0.15) is 0 Å². The van der Waals surface area contributed by atoms with Gasteiger partial charge < -0.3 is 5.21 Å². The second-order valence-corrected chi connectivity index (χ2v) is 6.14. The lowest BCUT2D eigenvalue weighted by Gasteiger charge is -2.22. The predicted octanol–water partition coefficient (Wildman–Crippen LogP) is 3.55. The van der Waals surface area contributed by atoms with Crippen LogP contribution in [0.5, 0.6) is 0 Å². The lowest BCUT2D eigenvalue weighted by atomic mass is 9.98. The maximum absolute atomic E-state index is 9.13. The second-order valence-electron chi connectivity index (χ2n) is 5.01. The van der Waals surface area contributed by atoms with Crippen molar-refractivity contribution in [3.8, 4) is 0 Å². The number of hydrogen-bond donors (Lipinski definition) is 1. The van der Waals surface area contributed by atoms with Crippen molar-refractivity contribution in [1.82, 2.24) is 0 Å². The number of thioether (sulfide) groups is 1. The molecule has 2 aliphatic rings. The Morgan fingerprint density at radius 3 is 2.82 bits per heavy atom. The van der Waals surface area contributed by atoms with E-state index in [1.807, 2.05) is 17.8 Å². The Morgan fingerprint density at radius 2 is 2.06 bits per heavy atom. The van der Waals surface area contributed by atoms with E-state index in [9.17, 15) is 0 Å². The van der Waals surface area contributed by atoms with E-state index in [-0.39, 0.29) is 0 Å². The minimum atomic E-state index is 0.457. The number of oxime groups is 1. The second kappa shape index (κ2) is 4.73. The Labute approximate surface area is 106 Å². The third-order valence-corrected chi connectivity index (χ3v) is 5.48. The Kier molecular flexibility index (Phi) is 3.10. The highest BCUT2D eigenvalue weighted by atomic mass is 32.2. The molecule has 0 saturated heterocycles. The molecular weight excluding hydrogens is 230 g/mol. The maximum Gasteiger partial charge on any atom is 0.0734 e. The zero-order chi connectivity index (χ0) is 11.7. The first-order chi connectivity index (χ1) is 8.38. The van der Waals surface area contributed by atoms with E-state index >= 15 is 0 Å². The van der Waals surface area contributed by atoms with Crippen LogP contribution in [0.15, 0.2) is 35.5 Å². The fourth-order valence-electron chi connectivity index (χ4n) is 3.15. The van der Waals surface area contributed by atoms with Crippen LogP contribution in [0.1, 0.15) is 24.8 Å². The highest BCUT2D eigenvalue weighted by Crippen LogP contribution is 2.48. The van der Waals surface area contributed by atoms with Crippen molar-refractivity contribution in [2.75, 3.05) is 0 Å². The highest BCUT2D eigenvalue weighted by molar-refractivity contribution is 7.99. The molecule has 2 nitrogen and oxygen atoms in total. The quantitative estimate of drug-likeness (QED) is 0.654. The van der Waals surface area contributed by atoms with Crippen molar-refractivity contribution >= 4 is 17.5 Å². The van der Waals surface area contributed by atoms with Crippen LogP contribution < -0.4 is 0 Å². The van der Waals surface area contributed by atoms with Crippen molar-refractivity contribution in [3.63, 3.8) is 0 Å². The minimum Gasteiger partial charge on any atom is -0.411 e. The van der Waals surface area contributed by atoms with Gasteiger partial charge in [0.15, 0.2) is 0 Å². The normalized spacial score (nSPS) is 33.4. The zero-order valence-electron chi connectivity index (χ0n) is 9.75. The summed E-state index contributed by atoms with van der Waals surface area (Å²) in [5.74, 6) is 2.34. The smallest absolute Gasteiger partial charge is 0.0734 e. The molecule has 2 aliphatic carbocycles. The van der Waals surface area contributed by atoms with Gasteiger partial charge in [0, 0.05) is 16.9 Å². The van der Waals surface area contributed by atoms with Gasteiger partial charge in [-0.3, -0.25) is 0 Å². The van der Waals surface area contributed by atoms with Crippen LogP contribution in [-0.4, -0.2) is 16.2 Å². The molecular formula is C14H17NOS. The third kappa shape index (κ3) is 2.08. The molecule has 0 heterocycles. The molecule has 0 spiro atoms. The fourth-order valence-corrected chi connectivity index (χ4v) is 4.65. The number of benzene rings is 1. The van der Waals surface area contributed by atoms with Gasteiger partial charge in [0.05, 0.1) is 5.71 Å². The summed E-state index contributed by atoms with van der Waals surface area (Å²) >= 11 is 1.94. The van der Waals surface area contributed by atoms with Crippen LogP contribution in [0.25, 0.3) is 0 Å². The number of rotatable bonds is 3. The van der Waals surface area contributed by atoms with Crippen LogP contribution in [-0.2, 0) is 5.75 Å². The molecule has 1 aromatic rings. The maximum atomic E-state index is 9.13. The monoisotopic (exact) mass is 247 g/mol. The summed E-state index contributed by atoms with van der Waals surface area (Å²) in [5, 5.41) is 13.1. The molecule has 3 heteroatoms. The lowest BCUT2D eigenvalue weighted by Crippen LogP contribution is -2.25.